The third-order valence-electron chi connectivity index (χ3n) is 8.29. The Morgan fingerprint density at radius 3 is 1.33 bits per heavy atom. The molecule has 20 heteroatoms. The van der Waals surface area contributed by atoms with Gasteiger partial charge in [0.2, 0.25) is 26.1 Å². The molecule has 4 N–H and O–H groups in total. The number of urea groups is 1. The molecule has 308 valence electrons. The molecular weight excluding hydrogens is 803 g/mol. The first kappa shape index (κ1) is 47.9. The van der Waals surface area contributed by atoms with Crippen LogP contribution in [0, 0.1) is 11.6 Å². The van der Waals surface area contributed by atoms with Crippen LogP contribution >= 0.6 is 0 Å². The molecule has 2 aliphatic heterocycles. The van der Waals surface area contributed by atoms with Gasteiger partial charge in [-0.3, -0.25) is 0 Å². The van der Waals surface area contributed by atoms with Crippen molar-refractivity contribution in [2.24, 2.45) is 4.99 Å². The van der Waals surface area contributed by atoms with E-state index in [9.17, 15) is 35.2 Å². The summed E-state index contributed by atoms with van der Waals surface area (Å²) in [5.41, 5.74) is 7.44. The SMILES string of the molecule is C[C@@H]1CCCN1S(=O)(=O)c1ccc(N)cc1.C[C@@H]1CCCN1S(=O)(=O)c1ccc(NC(=O)Nc2ccc(F)cc2)cc1.O=C=Nc1ccc(F)cc1.O=C=O.O=C=O. The summed E-state index contributed by atoms with van der Waals surface area (Å²) >= 11 is 0. The van der Waals surface area contributed by atoms with E-state index in [1.54, 1.807) is 28.6 Å². The first-order valence-corrected chi connectivity index (χ1v) is 20.1. The second-order valence-electron chi connectivity index (χ2n) is 12.2. The lowest BCUT2D eigenvalue weighted by Crippen LogP contribution is -2.33. The first-order valence-electron chi connectivity index (χ1n) is 17.2. The van der Waals surface area contributed by atoms with E-state index in [0.29, 0.717) is 40.7 Å². The standard InChI is InChI=1S/C18H20FN3O3S.C11H16N2O2S.C7H4FNO.2CO2/c1-13-3-2-12-22(13)26(24,25)17-10-8-16(9-11-17)21-18(23)20-15-6-4-14(19)5-7-15;1-9-3-2-8-13(9)16(14,15)11-6-4-10(12)5-7-11;8-6-1-3-7(4-2-6)9-5-10;2*2-1-3/h4-11,13H,2-3,12H2,1H3,(H2,20,21,23);4-7,9H,2-3,8,12H2,1H3;1-4H;;/t13-;9-;;;/m11.../s1. The maximum absolute atomic E-state index is 12.9. The summed E-state index contributed by atoms with van der Waals surface area (Å²) < 4.78 is 77.9. The Morgan fingerprint density at radius 2 is 0.983 bits per heavy atom. The summed E-state index contributed by atoms with van der Waals surface area (Å²) in [6.07, 6.45) is 5.46. The fourth-order valence-electron chi connectivity index (χ4n) is 5.54. The van der Waals surface area contributed by atoms with Gasteiger partial charge in [0.1, 0.15) is 11.6 Å². The molecule has 2 aliphatic rings. The summed E-state index contributed by atoms with van der Waals surface area (Å²) in [5, 5.41) is 5.18. The summed E-state index contributed by atoms with van der Waals surface area (Å²) in [5.74, 6) is -0.732. The maximum Gasteiger partial charge on any atom is 0.373 e. The van der Waals surface area contributed by atoms with Crippen LogP contribution in [0.15, 0.2) is 112 Å². The van der Waals surface area contributed by atoms with Crippen LogP contribution in [0.4, 0.5) is 36.3 Å². The quantitative estimate of drug-likeness (QED) is 0.116. The van der Waals surface area contributed by atoms with Crippen molar-refractivity contribution in [3.63, 3.8) is 0 Å². The zero-order valence-electron chi connectivity index (χ0n) is 31.2. The smallest absolute Gasteiger partial charge is 0.373 e. The minimum atomic E-state index is -3.52. The molecule has 2 amide bonds. The van der Waals surface area contributed by atoms with Crippen molar-refractivity contribution >= 4 is 67.2 Å². The van der Waals surface area contributed by atoms with E-state index in [2.05, 4.69) is 15.6 Å². The van der Waals surface area contributed by atoms with Gasteiger partial charge in [0.25, 0.3) is 0 Å². The molecular formula is C38H40F2N6O10S2. The van der Waals surface area contributed by atoms with E-state index in [4.69, 9.17) is 24.9 Å². The van der Waals surface area contributed by atoms with Gasteiger partial charge in [-0.15, -0.1) is 0 Å². The number of hydrogen-bond acceptors (Lipinski definition) is 12. The molecule has 16 nitrogen and oxygen atoms in total. The lowest BCUT2D eigenvalue weighted by Gasteiger charge is -2.21. The van der Waals surface area contributed by atoms with Crippen LogP contribution in [0.1, 0.15) is 39.5 Å². The predicted molar refractivity (Wildman–Crippen MR) is 206 cm³/mol. The number of halogens is 2. The number of amides is 2. The number of carbonyl (C=O) groups excluding carboxylic acids is 6. The molecule has 2 heterocycles. The number of rotatable bonds is 7. The third-order valence-corrected chi connectivity index (χ3v) is 12.3. The number of nitrogens with two attached hydrogens (primary N) is 1. The Kier molecular flexibility index (Phi) is 19.6. The average Bonchev–Trinajstić information content (AvgIpc) is 3.84. The molecule has 4 aromatic carbocycles. The lowest BCUT2D eigenvalue weighted by molar-refractivity contribution is -0.193. The fourth-order valence-corrected chi connectivity index (χ4v) is 8.94. The number of nitrogens with zero attached hydrogens (tertiary/aromatic N) is 3. The molecule has 6 rings (SSSR count). The number of nitrogen functional groups attached to an aromatic ring is 1. The fraction of sp³-hybridized carbons (Fsp3) is 0.263. The van der Waals surface area contributed by atoms with Crippen LogP contribution in [0.3, 0.4) is 0 Å². The van der Waals surface area contributed by atoms with Gasteiger partial charge in [0, 0.05) is 42.2 Å². The zero-order valence-corrected chi connectivity index (χ0v) is 32.8. The predicted octanol–water partition coefficient (Wildman–Crippen LogP) is 5.71. The third kappa shape index (κ3) is 15.0. The Balaban J connectivity index is 0.000000307. The summed E-state index contributed by atoms with van der Waals surface area (Å²) in [6.45, 7) is 5.00. The van der Waals surface area contributed by atoms with Gasteiger partial charge in [-0.05, 0) is 137 Å². The molecule has 0 aromatic heterocycles. The minimum absolute atomic E-state index is 0.000659. The highest BCUT2D eigenvalue weighted by Crippen LogP contribution is 2.27. The number of benzene rings is 4. The van der Waals surface area contributed by atoms with Crippen molar-refractivity contribution in [1.82, 2.24) is 8.61 Å². The molecule has 4 aromatic rings. The van der Waals surface area contributed by atoms with Gasteiger partial charge in [0.15, 0.2) is 0 Å². The Morgan fingerprint density at radius 1 is 0.638 bits per heavy atom. The molecule has 0 bridgehead atoms. The Labute approximate surface area is 333 Å². The molecule has 0 unspecified atom stereocenters. The van der Waals surface area contributed by atoms with E-state index >= 15 is 0 Å². The van der Waals surface area contributed by atoms with Gasteiger partial charge in [-0.25, -0.2) is 35.2 Å². The maximum atomic E-state index is 12.9. The Hall–Kier alpha value is -6.23. The van der Waals surface area contributed by atoms with Crippen LogP contribution in [0.5, 0.6) is 0 Å². The number of carbonyl (C=O) groups is 1. The number of aliphatic imine (C=N–C) groups is 1. The van der Waals surface area contributed by atoms with Gasteiger partial charge in [0.05, 0.1) is 15.5 Å². The van der Waals surface area contributed by atoms with Crippen molar-refractivity contribution in [2.45, 2.75) is 61.4 Å². The first-order chi connectivity index (χ1) is 27.5. The van der Waals surface area contributed by atoms with Gasteiger partial charge >= 0.3 is 18.3 Å². The second-order valence-corrected chi connectivity index (χ2v) is 16.0. The van der Waals surface area contributed by atoms with E-state index in [-0.39, 0.29) is 40.9 Å². The Bertz CT molecular complexity index is 2250. The van der Waals surface area contributed by atoms with Crippen LogP contribution in [0.25, 0.3) is 0 Å². The number of isocyanates is 1. The molecule has 2 fully saturated rings. The molecule has 2 saturated heterocycles. The molecule has 0 saturated carbocycles. The average molecular weight is 843 g/mol. The van der Waals surface area contributed by atoms with Crippen LogP contribution in [-0.4, -0.2) is 75.0 Å². The normalized spacial score (nSPS) is 15.9. The lowest BCUT2D eigenvalue weighted by atomic mass is 10.3. The van der Waals surface area contributed by atoms with E-state index in [0.717, 1.165) is 25.7 Å². The van der Waals surface area contributed by atoms with Gasteiger partial charge < -0.3 is 16.4 Å². The van der Waals surface area contributed by atoms with Gasteiger partial charge in [-0.2, -0.15) is 32.8 Å². The molecule has 0 aliphatic carbocycles. The van der Waals surface area contributed by atoms with Crippen molar-refractivity contribution in [1.29, 1.82) is 0 Å². The van der Waals surface area contributed by atoms with Gasteiger partial charge in [-0.1, -0.05) is 0 Å². The number of anilines is 3. The minimum Gasteiger partial charge on any atom is -0.399 e. The molecule has 2 atom stereocenters. The number of nitrogens with one attached hydrogen (secondary N) is 2. The highest BCUT2D eigenvalue weighted by molar-refractivity contribution is 7.89. The number of sulfonamides is 2. The zero-order chi connectivity index (χ0) is 43.3. The van der Waals surface area contributed by atoms with Crippen molar-refractivity contribution < 1.29 is 54.4 Å². The molecule has 0 radical (unpaired) electrons. The topological polar surface area (TPSA) is 240 Å². The second kappa shape index (κ2) is 23.7. The monoisotopic (exact) mass is 842 g/mol. The van der Waals surface area contributed by atoms with E-state index in [1.165, 1.54) is 83.2 Å². The summed E-state index contributed by atoms with van der Waals surface area (Å²) in [7, 11) is -6.84. The van der Waals surface area contributed by atoms with Crippen LogP contribution in [0.2, 0.25) is 0 Å². The summed E-state index contributed by atoms with van der Waals surface area (Å²) in [4.78, 5) is 57.9. The largest absolute Gasteiger partial charge is 0.399 e. The highest BCUT2D eigenvalue weighted by Gasteiger charge is 2.33. The summed E-state index contributed by atoms with van der Waals surface area (Å²) in [6, 6.07) is 22.7. The highest BCUT2D eigenvalue weighted by atomic mass is 32.2. The van der Waals surface area contributed by atoms with E-state index in [1.807, 2.05) is 13.8 Å². The molecule has 0 spiro atoms. The van der Waals surface area contributed by atoms with E-state index < -0.39 is 26.1 Å². The van der Waals surface area contributed by atoms with Crippen molar-refractivity contribution in [2.75, 3.05) is 29.5 Å². The van der Waals surface area contributed by atoms with Crippen molar-refractivity contribution in [3.8, 4) is 0 Å². The van der Waals surface area contributed by atoms with Crippen LogP contribution in [-0.2, 0) is 44.0 Å². The van der Waals surface area contributed by atoms with Crippen molar-refractivity contribution in [3.05, 3.63) is 109 Å². The molecule has 58 heavy (non-hydrogen) atoms. The number of hydrogen-bond donors (Lipinski definition) is 3. The van der Waals surface area contributed by atoms with Crippen LogP contribution < -0.4 is 16.4 Å².